The predicted octanol–water partition coefficient (Wildman–Crippen LogP) is 3.47. The minimum absolute atomic E-state index is 0.413. The average molecular weight is 347 g/mol. The molecule has 128 valence electrons. The summed E-state index contributed by atoms with van der Waals surface area (Å²) >= 11 is 6.02. The molecular weight excluding hydrogens is 324 g/mol. The largest absolute Gasteiger partial charge is 0.377 e. The average Bonchev–Trinajstić information content (AvgIpc) is 2.82. The number of nitrogens with one attached hydrogen (secondary N) is 1. The maximum atomic E-state index is 6.02. The molecule has 1 aromatic heterocycles. The van der Waals surface area contributed by atoms with Gasteiger partial charge in [0.05, 0.1) is 0 Å². The van der Waals surface area contributed by atoms with Crippen LogP contribution in [0.25, 0.3) is 11.8 Å². The molecule has 2 heterocycles. The van der Waals surface area contributed by atoms with Gasteiger partial charge in [0, 0.05) is 17.8 Å². The molecule has 0 amide bonds. The minimum Gasteiger partial charge on any atom is -0.377 e. The highest BCUT2D eigenvalue weighted by Gasteiger charge is 2.15. The number of ether oxygens (including phenoxy) is 1. The lowest BCUT2D eigenvalue weighted by Crippen LogP contribution is -2.18. The lowest BCUT2D eigenvalue weighted by molar-refractivity contribution is 0.176. The van der Waals surface area contributed by atoms with Crippen molar-refractivity contribution in [3.8, 4) is 5.69 Å². The van der Waals surface area contributed by atoms with Crippen molar-refractivity contribution in [3.63, 3.8) is 0 Å². The maximum Gasteiger partial charge on any atom is 0.163 e. The summed E-state index contributed by atoms with van der Waals surface area (Å²) < 4.78 is 7.31. The molecule has 1 saturated heterocycles. The van der Waals surface area contributed by atoms with Gasteiger partial charge in [-0.05, 0) is 62.2 Å². The summed E-state index contributed by atoms with van der Waals surface area (Å²) in [5.74, 6) is 2.25. The van der Waals surface area contributed by atoms with Crippen molar-refractivity contribution in [2.24, 2.45) is 5.92 Å². The molecule has 5 nitrogen and oxygen atoms in total. The van der Waals surface area contributed by atoms with E-state index in [0.717, 1.165) is 43.3 Å². The number of nitrogens with zero attached hydrogens (tertiary/aromatic N) is 3. The van der Waals surface area contributed by atoms with Gasteiger partial charge in [-0.2, -0.15) is 0 Å². The Hall–Kier alpha value is -1.69. The van der Waals surface area contributed by atoms with Gasteiger partial charge in [-0.25, -0.2) is 0 Å². The SMILES string of the molecule is COCc1nnc(/C=C2\CCNCC(C)C2)n1-c1ccc(Cl)cc1. The van der Waals surface area contributed by atoms with Crippen molar-refractivity contribution in [2.45, 2.75) is 26.4 Å². The van der Waals surface area contributed by atoms with E-state index < -0.39 is 0 Å². The Morgan fingerprint density at radius 1 is 1.33 bits per heavy atom. The van der Waals surface area contributed by atoms with Crippen LogP contribution >= 0.6 is 11.6 Å². The molecule has 1 N–H and O–H groups in total. The minimum atomic E-state index is 0.413. The van der Waals surface area contributed by atoms with Gasteiger partial charge in [0.1, 0.15) is 6.61 Å². The zero-order valence-corrected chi connectivity index (χ0v) is 14.9. The molecule has 24 heavy (non-hydrogen) atoms. The van der Waals surface area contributed by atoms with Crippen LogP contribution in [0.5, 0.6) is 0 Å². The Bertz CT molecular complexity index is 708. The second kappa shape index (κ2) is 7.92. The molecule has 0 aliphatic carbocycles. The molecule has 1 aromatic carbocycles. The van der Waals surface area contributed by atoms with Gasteiger partial charge in [-0.3, -0.25) is 4.57 Å². The topological polar surface area (TPSA) is 52.0 Å². The summed E-state index contributed by atoms with van der Waals surface area (Å²) in [4.78, 5) is 0. The molecule has 1 unspecified atom stereocenters. The van der Waals surface area contributed by atoms with Crippen LogP contribution in [-0.2, 0) is 11.3 Å². The van der Waals surface area contributed by atoms with Crippen LogP contribution in [-0.4, -0.2) is 35.0 Å². The van der Waals surface area contributed by atoms with E-state index in [9.17, 15) is 0 Å². The van der Waals surface area contributed by atoms with Gasteiger partial charge >= 0.3 is 0 Å². The van der Waals surface area contributed by atoms with Gasteiger partial charge in [0.15, 0.2) is 11.6 Å². The maximum absolute atomic E-state index is 6.02. The predicted molar refractivity (Wildman–Crippen MR) is 96.3 cm³/mol. The Morgan fingerprint density at radius 3 is 2.88 bits per heavy atom. The first-order valence-electron chi connectivity index (χ1n) is 8.26. The molecule has 3 rings (SSSR count). The summed E-state index contributed by atoms with van der Waals surface area (Å²) in [6, 6.07) is 7.71. The summed E-state index contributed by atoms with van der Waals surface area (Å²) in [5, 5.41) is 12.9. The lowest BCUT2D eigenvalue weighted by atomic mass is 10.0. The number of hydrogen-bond acceptors (Lipinski definition) is 4. The Labute approximate surface area is 147 Å². The first-order chi connectivity index (χ1) is 11.7. The van der Waals surface area contributed by atoms with Gasteiger partial charge < -0.3 is 10.1 Å². The van der Waals surface area contributed by atoms with E-state index in [1.165, 1.54) is 5.57 Å². The summed E-state index contributed by atoms with van der Waals surface area (Å²) in [6.07, 6.45) is 4.29. The van der Waals surface area contributed by atoms with E-state index in [1.54, 1.807) is 7.11 Å². The van der Waals surface area contributed by atoms with Crippen LogP contribution in [0.1, 0.15) is 31.4 Å². The van der Waals surface area contributed by atoms with Gasteiger partial charge in [-0.1, -0.05) is 24.1 Å². The van der Waals surface area contributed by atoms with Crippen LogP contribution in [0.15, 0.2) is 29.8 Å². The molecule has 0 spiro atoms. The zero-order valence-electron chi connectivity index (χ0n) is 14.1. The van der Waals surface area contributed by atoms with E-state index in [2.05, 4.69) is 28.5 Å². The van der Waals surface area contributed by atoms with Crippen molar-refractivity contribution < 1.29 is 4.74 Å². The quantitative estimate of drug-likeness (QED) is 0.921. The van der Waals surface area contributed by atoms with Gasteiger partial charge in [0.2, 0.25) is 0 Å². The molecule has 2 aromatic rings. The number of methoxy groups -OCH3 is 1. The first kappa shape index (κ1) is 17.1. The molecule has 1 atom stereocenters. The fraction of sp³-hybridized carbons (Fsp3) is 0.444. The summed E-state index contributed by atoms with van der Waals surface area (Å²) in [7, 11) is 1.66. The van der Waals surface area contributed by atoms with Crippen LogP contribution in [0.4, 0.5) is 0 Å². The second-order valence-corrected chi connectivity index (χ2v) is 6.72. The summed E-state index contributed by atoms with van der Waals surface area (Å²) in [5.41, 5.74) is 2.39. The van der Waals surface area contributed by atoms with Crippen LogP contribution in [0, 0.1) is 5.92 Å². The molecule has 1 aliphatic heterocycles. The highest BCUT2D eigenvalue weighted by atomic mass is 35.5. The number of hydrogen-bond donors (Lipinski definition) is 1. The third-order valence-corrected chi connectivity index (χ3v) is 4.42. The van der Waals surface area contributed by atoms with Crippen molar-refractivity contribution >= 4 is 17.7 Å². The van der Waals surface area contributed by atoms with Crippen molar-refractivity contribution in [1.82, 2.24) is 20.1 Å². The highest BCUT2D eigenvalue weighted by Crippen LogP contribution is 2.23. The number of benzene rings is 1. The number of rotatable bonds is 4. The summed E-state index contributed by atoms with van der Waals surface area (Å²) in [6.45, 7) is 4.76. The molecule has 0 bridgehead atoms. The Morgan fingerprint density at radius 2 is 2.12 bits per heavy atom. The van der Waals surface area contributed by atoms with Crippen LogP contribution in [0.2, 0.25) is 5.02 Å². The number of halogens is 1. The normalized spacial score (nSPS) is 20.3. The second-order valence-electron chi connectivity index (χ2n) is 6.29. The Balaban J connectivity index is 1.99. The van der Waals surface area contributed by atoms with Crippen molar-refractivity contribution in [2.75, 3.05) is 20.2 Å². The van der Waals surface area contributed by atoms with Crippen LogP contribution in [0.3, 0.4) is 0 Å². The zero-order chi connectivity index (χ0) is 16.9. The highest BCUT2D eigenvalue weighted by molar-refractivity contribution is 6.30. The molecule has 0 radical (unpaired) electrons. The fourth-order valence-corrected chi connectivity index (χ4v) is 3.18. The van der Waals surface area contributed by atoms with Crippen molar-refractivity contribution in [1.29, 1.82) is 0 Å². The molecule has 1 aliphatic rings. The fourth-order valence-electron chi connectivity index (χ4n) is 3.05. The van der Waals surface area contributed by atoms with Gasteiger partial charge in [0.25, 0.3) is 0 Å². The van der Waals surface area contributed by atoms with Crippen molar-refractivity contribution in [3.05, 3.63) is 46.5 Å². The molecule has 0 saturated carbocycles. The Kier molecular flexibility index (Phi) is 5.66. The molecular formula is C18H23ClN4O. The van der Waals surface area contributed by atoms with E-state index in [-0.39, 0.29) is 0 Å². The van der Waals surface area contributed by atoms with E-state index >= 15 is 0 Å². The monoisotopic (exact) mass is 346 g/mol. The molecule has 1 fully saturated rings. The third kappa shape index (κ3) is 4.04. The van der Waals surface area contributed by atoms with Gasteiger partial charge in [-0.15, -0.1) is 10.2 Å². The van der Waals surface area contributed by atoms with E-state index in [4.69, 9.17) is 16.3 Å². The van der Waals surface area contributed by atoms with Crippen LogP contribution < -0.4 is 5.32 Å². The third-order valence-electron chi connectivity index (χ3n) is 4.17. The molecule has 6 heteroatoms. The van der Waals surface area contributed by atoms with E-state index in [0.29, 0.717) is 17.5 Å². The lowest BCUT2D eigenvalue weighted by Gasteiger charge is -2.11. The first-order valence-corrected chi connectivity index (χ1v) is 8.64. The van der Waals surface area contributed by atoms with E-state index in [1.807, 2.05) is 28.8 Å². The smallest absolute Gasteiger partial charge is 0.163 e. The number of aromatic nitrogens is 3. The standard InChI is InChI=1S/C18H23ClN4O/c1-13-9-14(7-8-20-11-13)10-17-21-22-18(12-24-2)23(17)16-5-3-15(19)4-6-16/h3-6,10,13,20H,7-9,11-12H2,1-2H3/b14-10+.